The lowest BCUT2D eigenvalue weighted by Gasteiger charge is -2.22. The minimum atomic E-state index is -0.608. The molecule has 0 saturated carbocycles. The summed E-state index contributed by atoms with van der Waals surface area (Å²) < 4.78 is 11.5. The Morgan fingerprint density at radius 1 is 0.545 bits per heavy atom. The molecule has 1 saturated heterocycles. The first-order valence-corrected chi connectivity index (χ1v) is 18.5. The molecule has 2 amide bonds. The number of hydroxylamine groups is 2. The summed E-state index contributed by atoms with van der Waals surface area (Å²) in [6.45, 7) is 10.1. The van der Waals surface area contributed by atoms with Crippen LogP contribution in [0.25, 0.3) is 0 Å². The average molecular weight is 625 g/mol. The molecule has 0 aromatic rings. The molecular formula is C36H68N2O6. The van der Waals surface area contributed by atoms with Crippen molar-refractivity contribution in [2.24, 2.45) is 0 Å². The Kier molecular flexibility index (Phi) is 27.8. The molecule has 1 fully saturated rings. The zero-order valence-electron chi connectivity index (χ0n) is 28.8. The highest BCUT2D eigenvalue weighted by atomic mass is 16.7. The van der Waals surface area contributed by atoms with Crippen molar-refractivity contribution in [1.82, 2.24) is 9.96 Å². The van der Waals surface area contributed by atoms with E-state index in [-0.39, 0.29) is 25.9 Å². The fraction of sp³-hybridized carbons (Fsp3) is 0.917. The van der Waals surface area contributed by atoms with Crippen LogP contribution in [-0.4, -0.2) is 73.8 Å². The van der Waals surface area contributed by atoms with E-state index in [1.54, 1.807) is 0 Å². The molecule has 0 unspecified atom stereocenters. The van der Waals surface area contributed by atoms with Crippen molar-refractivity contribution in [2.45, 2.75) is 168 Å². The van der Waals surface area contributed by atoms with Gasteiger partial charge in [-0.2, -0.15) is 0 Å². The molecule has 1 heterocycles. The van der Waals surface area contributed by atoms with Crippen LogP contribution in [0.3, 0.4) is 0 Å². The van der Waals surface area contributed by atoms with Gasteiger partial charge in [0.25, 0.3) is 11.8 Å². The Morgan fingerprint density at radius 3 is 1.45 bits per heavy atom. The van der Waals surface area contributed by atoms with E-state index in [0.717, 1.165) is 39.3 Å². The van der Waals surface area contributed by atoms with Gasteiger partial charge in [0.1, 0.15) is 0 Å². The quantitative estimate of drug-likeness (QED) is 0.0534. The van der Waals surface area contributed by atoms with Crippen LogP contribution in [-0.2, 0) is 28.7 Å². The lowest BCUT2D eigenvalue weighted by molar-refractivity contribution is -0.198. The molecule has 8 nitrogen and oxygen atoms in total. The highest BCUT2D eigenvalue weighted by Crippen LogP contribution is 2.14. The van der Waals surface area contributed by atoms with Gasteiger partial charge in [0.15, 0.2) is 0 Å². The first kappa shape index (κ1) is 40.5. The first-order chi connectivity index (χ1) is 21.6. The summed E-state index contributed by atoms with van der Waals surface area (Å²) in [6.07, 6.45) is 27.6. The van der Waals surface area contributed by atoms with Crippen LogP contribution < -0.4 is 0 Å². The standard InChI is InChI=1S/C36H68N2O6/c1-3-5-7-9-10-11-12-13-14-15-17-20-27-37(28-21-18-16-19-23-31-42-30-22-8-6-4-2)29-33-43-32-26-36(41)44-38-34(39)24-25-35(38)40/h3-33H2,1-2H3. The molecule has 1 aliphatic heterocycles. The third-order valence-electron chi connectivity index (χ3n) is 8.43. The normalized spacial score (nSPS) is 13.5. The Morgan fingerprint density at radius 2 is 0.955 bits per heavy atom. The predicted octanol–water partition coefficient (Wildman–Crippen LogP) is 8.55. The summed E-state index contributed by atoms with van der Waals surface area (Å²) in [5, 5.41) is 0.598. The van der Waals surface area contributed by atoms with E-state index < -0.39 is 17.8 Å². The van der Waals surface area contributed by atoms with Crippen LogP contribution in [0.4, 0.5) is 0 Å². The van der Waals surface area contributed by atoms with Crippen LogP contribution >= 0.6 is 0 Å². The first-order valence-electron chi connectivity index (χ1n) is 18.5. The van der Waals surface area contributed by atoms with Gasteiger partial charge in [0.2, 0.25) is 0 Å². The average Bonchev–Trinajstić information content (AvgIpc) is 3.33. The largest absolute Gasteiger partial charge is 0.381 e. The van der Waals surface area contributed by atoms with Crippen molar-refractivity contribution >= 4 is 17.8 Å². The maximum atomic E-state index is 12.0. The monoisotopic (exact) mass is 625 g/mol. The van der Waals surface area contributed by atoms with E-state index in [9.17, 15) is 14.4 Å². The Labute approximate surface area is 270 Å². The van der Waals surface area contributed by atoms with E-state index in [0.29, 0.717) is 11.7 Å². The fourth-order valence-corrected chi connectivity index (χ4v) is 5.57. The van der Waals surface area contributed by atoms with Gasteiger partial charge in [-0.15, -0.1) is 5.06 Å². The third-order valence-corrected chi connectivity index (χ3v) is 8.43. The third kappa shape index (κ3) is 23.8. The summed E-state index contributed by atoms with van der Waals surface area (Å²) in [7, 11) is 0. The van der Waals surface area contributed by atoms with Gasteiger partial charge in [-0.05, 0) is 38.8 Å². The van der Waals surface area contributed by atoms with Crippen molar-refractivity contribution in [3.63, 3.8) is 0 Å². The second-order valence-corrected chi connectivity index (χ2v) is 12.6. The second-order valence-electron chi connectivity index (χ2n) is 12.6. The van der Waals surface area contributed by atoms with Crippen LogP contribution in [0.5, 0.6) is 0 Å². The molecule has 258 valence electrons. The van der Waals surface area contributed by atoms with Gasteiger partial charge >= 0.3 is 5.97 Å². The molecule has 8 heteroatoms. The second kappa shape index (κ2) is 30.2. The molecule has 0 spiro atoms. The molecule has 0 aliphatic carbocycles. The molecule has 0 aromatic carbocycles. The van der Waals surface area contributed by atoms with Crippen molar-refractivity contribution in [1.29, 1.82) is 0 Å². The van der Waals surface area contributed by atoms with Crippen LogP contribution in [0.15, 0.2) is 0 Å². The number of amides is 2. The maximum Gasteiger partial charge on any atom is 0.335 e. The molecule has 0 radical (unpaired) electrons. The molecule has 0 atom stereocenters. The highest BCUT2D eigenvalue weighted by molar-refractivity contribution is 6.01. The van der Waals surface area contributed by atoms with Gasteiger partial charge in [-0.1, -0.05) is 123 Å². The Bertz CT molecular complexity index is 660. The number of hydrogen-bond acceptors (Lipinski definition) is 7. The number of nitrogens with zero attached hydrogens (tertiary/aromatic N) is 2. The van der Waals surface area contributed by atoms with E-state index in [2.05, 4.69) is 18.7 Å². The van der Waals surface area contributed by atoms with Crippen molar-refractivity contribution < 1.29 is 28.7 Å². The summed E-state index contributed by atoms with van der Waals surface area (Å²) in [5.41, 5.74) is 0. The zero-order valence-corrected chi connectivity index (χ0v) is 28.8. The summed E-state index contributed by atoms with van der Waals surface area (Å²) >= 11 is 0. The molecule has 0 bridgehead atoms. The number of unbranched alkanes of at least 4 members (excludes halogenated alkanes) is 18. The Balaban J connectivity index is 2.17. The van der Waals surface area contributed by atoms with E-state index >= 15 is 0 Å². The Hall–Kier alpha value is -1.51. The molecule has 0 N–H and O–H groups in total. The fourth-order valence-electron chi connectivity index (χ4n) is 5.57. The minimum Gasteiger partial charge on any atom is -0.381 e. The number of imide groups is 1. The molecular weight excluding hydrogens is 556 g/mol. The molecule has 44 heavy (non-hydrogen) atoms. The minimum absolute atomic E-state index is 0.0260. The molecule has 1 rings (SSSR count). The van der Waals surface area contributed by atoms with Crippen LogP contribution in [0.2, 0.25) is 0 Å². The van der Waals surface area contributed by atoms with Crippen molar-refractivity contribution in [2.75, 3.05) is 46.1 Å². The van der Waals surface area contributed by atoms with E-state index in [1.807, 2.05) is 0 Å². The van der Waals surface area contributed by atoms with Crippen molar-refractivity contribution in [3.05, 3.63) is 0 Å². The van der Waals surface area contributed by atoms with Gasteiger partial charge in [0, 0.05) is 32.6 Å². The number of carbonyl (C=O) groups is 3. The molecule has 0 aromatic heterocycles. The highest BCUT2D eigenvalue weighted by Gasteiger charge is 2.32. The van der Waals surface area contributed by atoms with Gasteiger partial charge in [-0.3, -0.25) is 9.59 Å². The van der Waals surface area contributed by atoms with Gasteiger partial charge in [-0.25, -0.2) is 4.79 Å². The SMILES string of the molecule is CCCCCCCCCCCCCCN(CCCCCCCOCCCCCC)CCOCCC(=O)ON1C(=O)CCC1=O. The van der Waals surface area contributed by atoms with Crippen molar-refractivity contribution in [3.8, 4) is 0 Å². The summed E-state index contributed by atoms with van der Waals surface area (Å²) in [4.78, 5) is 42.6. The maximum absolute atomic E-state index is 12.0. The van der Waals surface area contributed by atoms with Gasteiger partial charge in [0.05, 0.1) is 19.6 Å². The number of rotatable bonds is 33. The van der Waals surface area contributed by atoms with E-state index in [1.165, 1.54) is 128 Å². The predicted molar refractivity (Wildman–Crippen MR) is 178 cm³/mol. The lowest BCUT2D eigenvalue weighted by Crippen LogP contribution is -2.32. The van der Waals surface area contributed by atoms with Crippen LogP contribution in [0, 0.1) is 0 Å². The van der Waals surface area contributed by atoms with Gasteiger partial charge < -0.3 is 19.2 Å². The number of carbonyl (C=O) groups excluding carboxylic acids is 3. The topological polar surface area (TPSA) is 85.4 Å². The smallest absolute Gasteiger partial charge is 0.335 e. The van der Waals surface area contributed by atoms with Crippen LogP contribution in [0.1, 0.15) is 168 Å². The summed E-state index contributed by atoms with van der Waals surface area (Å²) in [5.74, 6) is -1.52. The molecule has 1 aliphatic rings. The van der Waals surface area contributed by atoms with E-state index in [4.69, 9.17) is 14.3 Å². The number of hydrogen-bond donors (Lipinski definition) is 0. The number of ether oxygens (including phenoxy) is 2. The lowest BCUT2D eigenvalue weighted by atomic mass is 10.1. The summed E-state index contributed by atoms with van der Waals surface area (Å²) in [6, 6.07) is 0. The zero-order chi connectivity index (χ0) is 31.9.